The molecule has 0 aliphatic rings. The minimum absolute atomic E-state index is 0. The molecule has 2 rings (SSSR count). The third-order valence-corrected chi connectivity index (χ3v) is 2.71. The van der Waals surface area contributed by atoms with Gasteiger partial charge < -0.3 is 5.73 Å². The van der Waals surface area contributed by atoms with Gasteiger partial charge in [0.2, 0.25) is 0 Å². The van der Waals surface area contributed by atoms with Gasteiger partial charge >= 0.3 is 12.1 Å². The minimum atomic E-state index is -5.71. The van der Waals surface area contributed by atoms with E-state index < -0.39 is 23.8 Å². The lowest BCUT2D eigenvalue weighted by Crippen LogP contribution is -2.46. The SMILES string of the molecule is Cl.N[C@@H](c1ccc2ccccc2n1)C(F)(F)C(F)(F)F. The molecule has 0 radical (unpaired) electrons. The molecule has 2 aromatic rings. The number of para-hydroxylation sites is 1. The maximum absolute atomic E-state index is 13.1. The zero-order valence-electron chi connectivity index (χ0n) is 9.86. The lowest BCUT2D eigenvalue weighted by molar-refractivity contribution is -0.291. The molecule has 2 nitrogen and oxygen atoms in total. The van der Waals surface area contributed by atoms with Crippen molar-refractivity contribution in [3.8, 4) is 0 Å². The molecule has 0 fully saturated rings. The molecule has 0 saturated heterocycles. The van der Waals surface area contributed by atoms with Crippen molar-refractivity contribution in [2.75, 3.05) is 0 Å². The number of alkyl halides is 5. The largest absolute Gasteiger partial charge is 0.455 e. The van der Waals surface area contributed by atoms with E-state index in [1.165, 1.54) is 12.1 Å². The molecular weight excluding hydrogens is 303 g/mol. The van der Waals surface area contributed by atoms with Crippen LogP contribution in [0.15, 0.2) is 36.4 Å². The van der Waals surface area contributed by atoms with E-state index in [9.17, 15) is 22.0 Å². The van der Waals surface area contributed by atoms with Crippen molar-refractivity contribution in [2.24, 2.45) is 5.73 Å². The zero-order chi connectivity index (χ0) is 14.3. The van der Waals surface area contributed by atoms with Gasteiger partial charge in [-0.3, -0.25) is 4.98 Å². The first-order valence-electron chi connectivity index (χ1n) is 5.29. The molecule has 0 amide bonds. The average Bonchev–Trinajstić information content (AvgIpc) is 2.36. The van der Waals surface area contributed by atoms with Gasteiger partial charge in [0, 0.05) is 5.39 Å². The van der Waals surface area contributed by atoms with Crippen LogP contribution < -0.4 is 5.73 Å². The highest BCUT2D eigenvalue weighted by Crippen LogP contribution is 2.42. The predicted molar refractivity (Wildman–Crippen MR) is 66.9 cm³/mol. The second kappa shape index (κ2) is 5.49. The first-order valence-corrected chi connectivity index (χ1v) is 5.29. The molecular formula is C12H10ClF5N2. The number of pyridine rings is 1. The number of aromatic nitrogens is 1. The summed E-state index contributed by atoms with van der Waals surface area (Å²) in [5, 5.41) is 0.633. The predicted octanol–water partition coefficient (Wildman–Crippen LogP) is 3.85. The van der Waals surface area contributed by atoms with Gasteiger partial charge in [0.1, 0.15) is 6.04 Å². The van der Waals surface area contributed by atoms with Gasteiger partial charge in [-0.15, -0.1) is 12.4 Å². The molecule has 1 aromatic carbocycles. The average molecular weight is 313 g/mol. The van der Waals surface area contributed by atoms with E-state index in [0.29, 0.717) is 10.9 Å². The van der Waals surface area contributed by atoms with Gasteiger partial charge in [-0.25, -0.2) is 0 Å². The zero-order valence-corrected chi connectivity index (χ0v) is 10.7. The number of rotatable bonds is 2. The fraction of sp³-hybridized carbons (Fsp3) is 0.250. The van der Waals surface area contributed by atoms with Crippen LogP contribution in [0.4, 0.5) is 22.0 Å². The molecule has 0 spiro atoms. The molecule has 2 N–H and O–H groups in total. The molecule has 1 atom stereocenters. The number of benzene rings is 1. The highest BCUT2D eigenvalue weighted by molar-refractivity contribution is 5.85. The first-order chi connectivity index (χ1) is 8.73. The molecule has 0 aliphatic heterocycles. The van der Waals surface area contributed by atoms with E-state index in [2.05, 4.69) is 4.98 Å². The van der Waals surface area contributed by atoms with Crippen molar-refractivity contribution in [2.45, 2.75) is 18.1 Å². The van der Waals surface area contributed by atoms with Gasteiger partial charge in [0.15, 0.2) is 0 Å². The quantitative estimate of drug-likeness (QED) is 0.855. The van der Waals surface area contributed by atoms with Crippen LogP contribution in [-0.2, 0) is 0 Å². The van der Waals surface area contributed by atoms with Crippen LogP contribution in [0.2, 0.25) is 0 Å². The maximum atomic E-state index is 13.1. The van der Waals surface area contributed by atoms with Crippen LogP contribution in [-0.4, -0.2) is 17.1 Å². The van der Waals surface area contributed by atoms with Crippen LogP contribution >= 0.6 is 12.4 Å². The number of fused-ring (bicyclic) bond motifs is 1. The van der Waals surface area contributed by atoms with Crippen LogP contribution in [0.3, 0.4) is 0 Å². The fourth-order valence-electron chi connectivity index (χ4n) is 1.62. The van der Waals surface area contributed by atoms with Crippen molar-refractivity contribution in [3.05, 3.63) is 42.1 Å². The Bertz CT molecular complexity index is 600. The molecule has 110 valence electrons. The number of nitrogens with zero attached hydrogens (tertiary/aromatic N) is 1. The Labute approximate surface area is 117 Å². The first kappa shape index (κ1) is 16.6. The molecule has 1 aromatic heterocycles. The van der Waals surface area contributed by atoms with Crippen molar-refractivity contribution in [1.29, 1.82) is 0 Å². The number of hydrogen-bond acceptors (Lipinski definition) is 2. The lowest BCUT2D eigenvalue weighted by Gasteiger charge is -2.25. The van der Waals surface area contributed by atoms with Gasteiger partial charge in [0.05, 0.1) is 11.2 Å². The number of hydrogen-bond donors (Lipinski definition) is 1. The van der Waals surface area contributed by atoms with Crippen LogP contribution in [0.25, 0.3) is 10.9 Å². The number of nitrogens with two attached hydrogens (primary N) is 1. The van der Waals surface area contributed by atoms with Crippen LogP contribution in [0.1, 0.15) is 11.7 Å². The standard InChI is InChI=1S/C12H9F5N2.ClH/c13-11(14,12(15,16)17)10(18)9-6-5-7-3-1-2-4-8(7)19-9;/h1-6,10H,18H2;1H/t10-;/m0./s1. The van der Waals surface area contributed by atoms with Crippen molar-refractivity contribution in [1.82, 2.24) is 4.98 Å². The molecule has 20 heavy (non-hydrogen) atoms. The summed E-state index contributed by atoms with van der Waals surface area (Å²) in [5.41, 5.74) is 4.83. The Balaban J connectivity index is 0.00000200. The summed E-state index contributed by atoms with van der Waals surface area (Å²) in [7, 11) is 0. The van der Waals surface area contributed by atoms with E-state index >= 15 is 0 Å². The summed E-state index contributed by atoms with van der Waals surface area (Å²) in [6.45, 7) is 0. The molecule has 0 unspecified atom stereocenters. The molecule has 0 aliphatic carbocycles. The molecule has 0 bridgehead atoms. The minimum Gasteiger partial charge on any atom is -0.317 e. The monoisotopic (exact) mass is 312 g/mol. The van der Waals surface area contributed by atoms with Crippen LogP contribution in [0, 0.1) is 0 Å². The van der Waals surface area contributed by atoms with Crippen molar-refractivity contribution in [3.63, 3.8) is 0 Å². The van der Waals surface area contributed by atoms with Gasteiger partial charge in [0.25, 0.3) is 0 Å². The Morgan fingerprint density at radius 2 is 1.55 bits per heavy atom. The Kier molecular flexibility index (Phi) is 4.55. The molecule has 1 heterocycles. The Hall–Kier alpha value is -1.47. The van der Waals surface area contributed by atoms with Crippen molar-refractivity contribution >= 4 is 23.3 Å². The van der Waals surface area contributed by atoms with Gasteiger partial charge in [-0.2, -0.15) is 22.0 Å². The van der Waals surface area contributed by atoms with Crippen LogP contribution in [0.5, 0.6) is 0 Å². The molecule has 0 saturated carbocycles. The summed E-state index contributed by atoms with van der Waals surface area (Å²) in [4.78, 5) is 3.75. The lowest BCUT2D eigenvalue weighted by atomic mass is 10.1. The summed E-state index contributed by atoms with van der Waals surface area (Å²) in [5.74, 6) is -5.03. The summed E-state index contributed by atoms with van der Waals surface area (Å²) < 4.78 is 62.9. The van der Waals surface area contributed by atoms with Gasteiger partial charge in [-0.1, -0.05) is 24.3 Å². The van der Waals surface area contributed by atoms with E-state index in [1.54, 1.807) is 18.2 Å². The van der Waals surface area contributed by atoms with E-state index in [4.69, 9.17) is 5.73 Å². The van der Waals surface area contributed by atoms with E-state index in [-0.39, 0.29) is 12.4 Å². The highest BCUT2D eigenvalue weighted by atomic mass is 35.5. The van der Waals surface area contributed by atoms with Crippen molar-refractivity contribution < 1.29 is 22.0 Å². The Morgan fingerprint density at radius 3 is 2.15 bits per heavy atom. The summed E-state index contributed by atoms with van der Waals surface area (Å²) in [6.07, 6.45) is -5.71. The Morgan fingerprint density at radius 1 is 0.950 bits per heavy atom. The highest BCUT2D eigenvalue weighted by Gasteiger charge is 2.62. The smallest absolute Gasteiger partial charge is 0.317 e. The molecule has 8 heteroatoms. The second-order valence-electron chi connectivity index (χ2n) is 4.03. The summed E-state index contributed by atoms with van der Waals surface area (Å²) >= 11 is 0. The topological polar surface area (TPSA) is 38.9 Å². The normalized spacial score (nSPS) is 13.9. The second-order valence-corrected chi connectivity index (χ2v) is 4.03. The van der Waals surface area contributed by atoms with Gasteiger partial charge in [-0.05, 0) is 12.1 Å². The van der Waals surface area contributed by atoms with E-state index in [1.807, 2.05) is 0 Å². The van der Waals surface area contributed by atoms with E-state index in [0.717, 1.165) is 6.07 Å². The third kappa shape index (κ3) is 2.83. The third-order valence-electron chi connectivity index (χ3n) is 2.71. The number of halogens is 6. The fourth-order valence-corrected chi connectivity index (χ4v) is 1.62. The summed E-state index contributed by atoms with van der Waals surface area (Å²) in [6, 6.07) is 6.44. The maximum Gasteiger partial charge on any atom is 0.455 e.